The molecule has 0 aromatic heterocycles. The highest BCUT2D eigenvalue weighted by molar-refractivity contribution is 6.13. The van der Waals surface area contributed by atoms with E-state index in [-0.39, 0.29) is 36.2 Å². The first kappa shape index (κ1) is 22.1. The van der Waals surface area contributed by atoms with Crippen molar-refractivity contribution in [3.63, 3.8) is 0 Å². The van der Waals surface area contributed by atoms with Crippen LogP contribution >= 0.6 is 0 Å². The predicted octanol–water partition coefficient (Wildman–Crippen LogP) is 3.24. The van der Waals surface area contributed by atoms with Gasteiger partial charge in [0.2, 0.25) is 0 Å². The van der Waals surface area contributed by atoms with Crippen LogP contribution in [-0.2, 0) is 23.8 Å². The summed E-state index contributed by atoms with van der Waals surface area (Å²) in [4.78, 5) is 25.9. The van der Waals surface area contributed by atoms with E-state index in [1.54, 1.807) is 0 Å². The molecule has 1 aliphatic carbocycles. The fraction of sp³-hybridized carbons (Fsp3) is 0.810. The topological polar surface area (TPSA) is 65.1 Å². The summed E-state index contributed by atoms with van der Waals surface area (Å²) < 4.78 is 18.4. The molecule has 2 aliphatic rings. The number of nitrogens with zero attached hydrogens (tertiary/aromatic N) is 1. The van der Waals surface area contributed by atoms with Gasteiger partial charge in [0.1, 0.15) is 12.2 Å². The highest BCUT2D eigenvalue weighted by Gasteiger charge is 2.51. The van der Waals surface area contributed by atoms with Crippen molar-refractivity contribution in [3.05, 3.63) is 12.2 Å². The Hall–Kier alpha value is -1.24. The third kappa shape index (κ3) is 5.87. The molecule has 0 aromatic rings. The van der Waals surface area contributed by atoms with E-state index in [0.717, 1.165) is 38.5 Å². The van der Waals surface area contributed by atoms with E-state index >= 15 is 0 Å². The summed E-state index contributed by atoms with van der Waals surface area (Å²) in [5, 5.41) is 0. The van der Waals surface area contributed by atoms with Crippen molar-refractivity contribution in [1.29, 1.82) is 0 Å². The number of rotatable bonds is 13. The van der Waals surface area contributed by atoms with E-state index in [1.165, 1.54) is 17.1 Å². The Morgan fingerprint density at radius 2 is 1.30 bits per heavy atom. The minimum atomic E-state index is -0.340. The number of carbonyl (C=O) groups excluding carboxylic acids is 2. The zero-order valence-electron chi connectivity index (χ0n) is 17.0. The standard InChI is InChI=1S/C21H35NO5/c1-4-7-12-25-17-15-16(22-18(23)10-11-19(22)24)20(26-13-8-5-2)21(17)27-14-9-6-3/h10-11,16-17,20-21H,4-9,12-15H2,1-3H3/t16-,17-,20-,21-/m0/s1. The molecule has 4 atom stereocenters. The van der Waals surface area contributed by atoms with Gasteiger partial charge in [0.05, 0.1) is 12.1 Å². The van der Waals surface area contributed by atoms with E-state index < -0.39 is 0 Å². The van der Waals surface area contributed by atoms with Crippen LogP contribution in [0.5, 0.6) is 0 Å². The fourth-order valence-electron chi connectivity index (χ4n) is 3.61. The molecule has 0 aromatic carbocycles. The van der Waals surface area contributed by atoms with Crippen LogP contribution < -0.4 is 0 Å². The van der Waals surface area contributed by atoms with Crippen LogP contribution in [0.15, 0.2) is 12.2 Å². The lowest BCUT2D eigenvalue weighted by molar-refractivity contribution is -0.146. The quantitative estimate of drug-likeness (QED) is 0.362. The van der Waals surface area contributed by atoms with Crippen LogP contribution in [0.3, 0.4) is 0 Å². The van der Waals surface area contributed by atoms with E-state index in [4.69, 9.17) is 14.2 Å². The highest BCUT2D eigenvalue weighted by Crippen LogP contribution is 2.34. The summed E-state index contributed by atoms with van der Waals surface area (Å²) in [7, 11) is 0. The minimum absolute atomic E-state index is 0.161. The Morgan fingerprint density at radius 1 is 0.815 bits per heavy atom. The van der Waals surface area contributed by atoms with Gasteiger partial charge in [0.25, 0.3) is 11.8 Å². The SMILES string of the molecule is CCCCO[C@@H]1[C@@H](OCCCC)[C@@H](N2C(=O)C=CC2=O)C[C@@H]1OCCCC. The molecule has 0 radical (unpaired) electrons. The molecule has 2 rings (SSSR count). The number of amides is 2. The highest BCUT2D eigenvalue weighted by atomic mass is 16.6. The van der Waals surface area contributed by atoms with Gasteiger partial charge in [-0.25, -0.2) is 0 Å². The molecule has 0 bridgehead atoms. The van der Waals surface area contributed by atoms with Gasteiger partial charge in [-0.15, -0.1) is 0 Å². The van der Waals surface area contributed by atoms with Gasteiger partial charge in [-0.2, -0.15) is 0 Å². The maximum absolute atomic E-state index is 12.3. The lowest BCUT2D eigenvalue weighted by atomic mass is 10.1. The molecule has 6 heteroatoms. The maximum Gasteiger partial charge on any atom is 0.253 e. The molecular weight excluding hydrogens is 346 g/mol. The van der Waals surface area contributed by atoms with Crippen molar-refractivity contribution in [2.24, 2.45) is 0 Å². The molecule has 0 spiro atoms. The molecule has 0 saturated heterocycles. The van der Waals surface area contributed by atoms with E-state index in [0.29, 0.717) is 26.2 Å². The number of unbranched alkanes of at least 4 members (excludes halogenated alkanes) is 3. The van der Waals surface area contributed by atoms with Crippen molar-refractivity contribution >= 4 is 11.8 Å². The monoisotopic (exact) mass is 381 g/mol. The third-order valence-electron chi connectivity index (χ3n) is 5.16. The first-order valence-electron chi connectivity index (χ1n) is 10.5. The van der Waals surface area contributed by atoms with E-state index in [2.05, 4.69) is 20.8 Å². The summed E-state index contributed by atoms with van der Waals surface area (Å²) in [6, 6.07) is -0.338. The molecule has 2 amide bonds. The molecule has 27 heavy (non-hydrogen) atoms. The zero-order valence-corrected chi connectivity index (χ0v) is 17.0. The van der Waals surface area contributed by atoms with Crippen LogP contribution in [0.2, 0.25) is 0 Å². The Labute approximate surface area is 163 Å². The first-order valence-corrected chi connectivity index (χ1v) is 10.5. The normalized spacial score (nSPS) is 27.9. The van der Waals surface area contributed by atoms with Gasteiger partial charge < -0.3 is 14.2 Å². The van der Waals surface area contributed by atoms with Crippen LogP contribution in [0.25, 0.3) is 0 Å². The molecule has 1 fully saturated rings. The Bertz CT molecular complexity index is 489. The fourth-order valence-corrected chi connectivity index (χ4v) is 3.61. The molecular formula is C21H35NO5. The van der Waals surface area contributed by atoms with Gasteiger partial charge in [0, 0.05) is 32.0 Å². The average Bonchev–Trinajstić information content (AvgIpc) is 3.16. The van der Waals surface area contributed by atoms with Gasteiger partial charge >= 0.3 is 0 Å². The van der Waals surface area contributed by atoms with Crippen molar-refractivity contribution < 1.29 is 23.8 Å². The average molecular weight is 382 g/mol. The smallest absolute Gasteiger partial charge is 0.253 e. The summed E-state index contributed by atoms with van der Waals surface area (Å²) >= 11 is 0. The molecule has 0 unspecified atom stereocenters. The number of hydrogen-bond acceptors (Lipinski definition) is 5. The zero-order chi connectivity index (χ0) is 19.6. The lowest BCUT2D eigenvalue weighted by Gasteiger charge is -2.30. The largest absolute Gasteiger partial charge is 0.375 e. The summed E-state index contributed by atoms with van der Waals surface area (Å²) in [6.45, 7) is 8.24. The van der Waals surface area contributed by atoms with Crippen molar-refractivity contribution in [3.8, 4) is 0 Å². The van der Waals surface area contributed by atoms with Crippen LogP contribution in [0.1, 0.15) is 65.7 Å². The number of carbonyl (C=O) groups is 2. The Balaban J connectivity index is 2.15. The van der Waals surface area contributed by atoms with Crippen LogP contribution in [0, 0.1) is 0 Å². The van der Waals surface area contributed by atoms with Crippen molar-refractivity contribution in [2.75, 3.05) is 19.8 Å². The van der Waals surface area contributed by atoms with Crippen molar-refractivity contribution in [2.45, 2.75) is 90.1 Å². The predicted molar refractivity (Wildman–Crippen MR) is 103 cm³/mol. The Kier molecular flexibility index (Phi) is 9.45. The first-order chi connectivity index (χ1) is 13.1. The molecule has 1 heterocycles. The van der Waals surface area contributed by atoms with Crippen molar-refractivity contribution in [1.82, 2.24) is 4.90 Å². The van der Waals surface area contributed by atoms with E-state index in [9.17, 15) is 9.59 Å². The van der Waals surface area contributed by atoms with Gasteiger partial charge in [-0.3, -0.25) is 14.5 Å². The second-order valence-electron chi connectivity index (χ2n) is 7.32. The molecule has 1 aliphatic heterocycles. The Morgan fingerprint density at radius 3 is 1.81 bits per heavy atom. The number of imide groups is 1. The maximum atomic E-state index is 12.3. The summed E-state index contributed by atoms with van der Waals surface area (Å²) in [5.74, 6) is -0.536. The summed E-state index contributed by atoms with van der Waals surface area (Å²) in [5.41, 5.74) is 0. The number of ether oxygens (including phenoxy) is 3. The molecule has 154 valence electrons. The van der Waals surface area contributed by atoms with Crippen LogP contribution in [0.4, 0.5) is 0 Å². The number of hydrogen-bond donors (Lipinski definition) is 0. The van der Waals surface area contributed by atoms with E-state index in [1.807, 2.05) is 0 Å². The second kappa shape index (κ2) is 11.6. The van der Waals surface area contributed by atoms with Gasteiger partial charge in [-0.05, 0) is 25.7 Å². The summed E-state index contributed by atoms with van der Waals surface area (Å²) in [6.07, 6.45) is 8.50. The minimum Gasteiger partial charge on any atom is -0.375 e. The molecule has 6 nitrogen and oxygen atoms in total. The van der Waals surface area contributed by atoms with Gasteiger partial charge in [-0.1, -0.05) is 40.0 Å². The molecule has 0 N–H and O–H groups in total. The second-order valence-corrected chi connectivity index (χ2v) is 7.32. The van der Waals surface area contributed by atoms with Gasteiger partial charge in [0.15, 0.2) is 0 Å². The van der Waals surface area contributed by atoms with Crippen LogP contribution in [-0.4, -0.2) is 60.9 Å². The molecule has 1 saturated carbocycles. The lowest BCUT2D eigenvalue weighted by Crippen LogP contribution is -2.48. The third-order valence-corrected chi connectivity index (χ3v) is 5.16.